The summed E-state index contributed by atoms with van der Waals surface area (Å²) >= 11 is 0. The van der Waals surface area contributed by atoms with Gasteiger partial charge < -0.3 is 24.0 Å². The number of hydrogen-bond acceptors (Lipinski definition) is 7. The minimum absolute atomic E-state index is 0.271. The molecule has 1 aliphatic heterocycles. The van der Waals surface area contributed by atoms with Crippen LogP contribution in [0.4, 0.5) is 10.6 Å². The quantitative estimate of drug-likeness (QED) is 0.252. The first-order chi connectivity index (χ1) is 19.8. The highest BCUT2D eigenvalue weighted by Gasteiger charge is 2.26. The van der Waals surface area contributed by atoms with Gasteiger partial charge in [-0.2, -0.15) is 4.98 Å². The van der Waals surface area contributed by atoms with Gasteiger partial charge in [0, 0.05) is 49.6 Å². The molecular weight excluding hydrogens is 516 g/mol. The van der Waals surface area contributed by atoms with Gasteiger partial charge in [-0.25, -0.2) is 9.78 Å². The molecule has 8 heteroatoms. The van der Waals surface area contributed by atoms with Crippen LogP contribution >= 0.6 is 0 Å². The molecule has 0 N–H and O–H groups in total. The second-order valence-corrected chi connectivity index (χ2v) is 10.9. The Bertz CT molecular complexity index is 1420. The zero-order valence-electron chi connectivity index (χ0n) is 23.8. The Balaban J connectivity index is 1.29. The molecule has 1 aliphatic rings. The van der Waals surface area contributed by atoms with E-state index < -0.39 is 5.60 Å². The Hall–Kier alpha value is -4.59. The first-order valence-corrected chi connectivity index (χ1v) is 13.9. The summed E-state index contributed by atoms with van der Waals surface area (Å²) in [7, 11) is 0. The average Bonchev–Trinajstić information content (AvgIpc) is 2.99. The van der Waals surface area contributed by atoms with Gasteiger partial charge in [-0.1, -0.05) is 60.7 Å². The number of aromatic nitrogens is 2. The summed E-state index contributed by atoms with van der Waals surface area (Å²) in [6.45, 7) is 8.99. The number of anilines is 1. The monoisotopic (exact) mass is 552 g/mol. The molecule has 0 unspecified atom stereocenters. The van der Waals surface area contributed by atoms with E-state index in [1.165, 1.54) is 0 Å². The van der Waals surface area contributed by atoms with E-state index in [0.29, 0.717) is 51.2 Å². The van der Waals surface area contributed by atoms with E-state index in [1.54, 1.807) is 4.90 Å². The molecule has 4 aromatic rings. The van der Waals surface area contributed by atoms with E-state index in [1.807, 2.05) is 112 Å². The molecular formula is C33H36N4O4. The Kier molecular flexibility index (Phi) is 8.67. The number of piperazine rings is 1. The van der Waals surface area contributed by atoms with Gasteiger partial charge >= 0.3 is 6.09 Å². The fourth-order valence-corrected chi connectivity index (χ4v) is 4.47. The normalized spacial score (nSPS) is 13.5. The van der Waals surface area contributed by atoms with Crippen molar-refractivity contribution >= 4 is 11.9 Å². The minimum Gasteiger partial charge on any atom is -0.473 e. The minimum atomic E-state index is -0.504. The van der Waals surface area contributed by atoms with Crippen molar-refractivity contribution in [1.82, 2.24) is 14.9 Å². The molecule has 2 aromatic carbocycles. The lowest BCUT2D eigenvalue weighted by Gasteiger charge is -2.36. The second-order valence-electron chi connectivity index (χ2n) is 10.9. The molecule has 0 radical (unpaired) electrons. The van der Waals surface area contributed by atoms with Crippen LogP contribution in [0.25, 0.3) is 11.1 Å². The van der Waals surface area contributed by atoms with Crippen LogP contribution < -0.4 is 14.4 Å². The van der Waals surface area contributed by atoms with Crippen molar-refractivity contribution in [3.05, 3.63) is 102 Å². The molecule has 0 bridgehead atoms. The topological polar surface area (TPSA) is 77.0 Å². The molecule has 0 spiro atoms. The fraction of sp³-hybridized carbons (Fsp3) is 0.303. The lowest BCUT2D eigenvalue weighted by Crippen LogP contribution is -2.50. The third-order valence-corrected chi connectivity index (χ3v) is 6.60. The van der Waals surface area contributed by atoms with Gasteiger partial charge in [0.15, 0.2) is 0 Å². The zero-order chi connectivity index (χ0) is 28.7. The third-order valence-electron chi connectivity index (χ3n) is 6.60. The molecule has 0 aliphatic carbocycles. The molecule has 1 fully saturated rings. The Morgan fingerprint density at radius 1 is 0.780 bits per heavy atom. The summed E-state index contributed by atoms with van der Waals surface area (Å²) in [5.41, 5.74) is 3.34. The molecule has 1 saturated heterocycles. The van der Waals surface area contributed by atoms with Crippen LogP contribution in [-0.2, 0) is 18.0 Å². The molecule has 3 heterocycles. The zero-order valence-corrected chi connectivity index (χ0v) is 23.8. The maximum atomic E-state index is 12.4. The van der Waals surface area contributed by atoms with Crippen molar-refractivity contribution in [3.8, 4) is 22.9 Å². The summed E-state index contributed by atoms with van der Waals surface area (Å²) in [5, 5.41) is 0. The van der Waals surface area contributed by atoms with Crippen molar-refractivity contribution in [2.24, 2.45) is 0 Å². The van der Waals surface area contributed by atoms with Crippen LogP contribution in [0.3, 0.4) is 0 Å². The smallest absolute Gasteiger partial charge is 0.410 e. The molecule has 8 nitrogen and oxygen atoms in total. The maximum absolute atomic E-state index is 12.4. The van der Waals surface area contributed by atoms with Gasteiger partial charge in [-0.3, -0.25) is 0 Å². The second kappa shape index (κ2) is 12.7. The molecule has 0 atom stereocenters. The van der Waals surface area contributed by atoms with Crippen LogP contribution in [0.2, 0.25) is 0 Å². The predicted molar refractivity (Wildman–Crippen MR) is 159 cm³/mol. The number of carbonyl (C=O) groups is 1. The van der Waals surface area contributed by atoms with Gasteiger partial charge in [-0.05, 0) is 50.1 Å². The summed E-state index contributed by atoms with van der Waals surface area (Å²) in [6.07, 6.45) is 1.57. The first kappa shape index (κ1) is 28.0. The number of carbonyl (C=O) groups excluding carboxylic acids is 1. The van der Waals surface area contributed by atoms with Crippen LogP contribution in [-0.4, -0.2) is 52.7 Å². The Morgan fingerprint density at radius 2 is 1.41 bits per heavy atom. The average molecular weight is 553 g/mol. The number of pyridine rings is 2. The van der Waals surface area contributed by atoms with Gasteiger partial charge in [0.05, 0.1) is 0 Å². The van der Waals surface area contributed by atoms with Gasteiger partial charge in [0.1, 0.15) is 24.6 Å². The molecule has 2 aromatic heterocycles. The largest absolute Gasteiger partial charge is 0.473 e. The SMILES string of the molecule is CC(C)(C)OC(=O)N1CCN(c2ccc(-c3ccc(OCc4ccccc4)nc3OCc3ccccc3)cn2)CC1. The Morgan fingerprint density at radius 3 is 2.00 bits per heavy atom. The number of nitrogens with zero attached hydrogens (tertiary/aromatic N) is 4. The van der Waals surface area contributed by atoms with Crippen LogP contribution in [0.1, 0.15) is 31.9 Å². The summed E-state index contributed by atoms with van der Waals surface area (Å²) in [6, 6.07) is 27.8. The molecule has 212 valence electrons. The standard InChI is InChI=1S/C33H36N4O4/c1-33(2,3)41-32(38)37-20-18-36(19-21-37)29-16-14-27(22-34-29)28-15-17-30(39-23-25-10-6-4-7-11-25)35-31(28)40-24-26-12-8-5-9-13-26/h4-17,22H,18-21,23-24H2,1-3H3. The van der Waals surface area contributed by atoms with Gasteiger partial charge in [0.25, 0.3) is 0 Å². The molecule has 41 heavy (non-hydrogen) atoms. The van der Waals surface area contributed by atoms with Crippen LogP contribution in [0.15, 0.2) is 91.1 Å². The van der Waals surface area contributed by atoms with Crippen LogP contribution in [0.5, 0.6) is 11.8 Å². The lowest BCUT2D eigenvalue weighted by molar-refractivity contribution is 0.0240. The fourth-order valence-electron chi connectivity index (χ4n) is 4.47. The van der Waals surface area contributed by atoms with Crippen molar-refractivity contribution in [1.29, 1.82) is 0 Å². The van der Waals surface area contributed by atoms with Crippen molar-refractivity contribution in [2.45, 2.75) is 39.6 Å². The highest BCUT2D eigenvalue weighted by atomic mass is 16.6. The third kappa shape index (κ3) is 7.75. The lowest BCUT2D eigenvalue weighted by atomic mass is 10.1. The van der Waals surface area contributed by atoms with Crippen molar-refractivity contribution < 1.29 is 19.0 Å². The first-order valence-electron chi connectivity index (χ1n) is 13.9. The summed E-state index contributed by atoms with van der Waals surface area (Å²) in [5.74, 6) is 1.84. The number of amides is 1. The summed E-state index contributed by atoms with van der Waals surface area (Å²) < 4.78 is 17.7. The number of ether oxygens (including phenoxy) is 3. The highest BCUT2D eigenvalue weighted by molar-refractivity contribution is 5.70. The molecule has 0 saturated carbocycles. The number of hydrogen-bond donors (Lipinski definition) is 0. The van der Waals surface area contributed by atoms with E-state index in [-0.39, 0.29) is 6.09 Å². The number of benzene rings is 2. The molecule has 5 rings (SSSR count). The van der Waals surface area contributed by atoms with E-state index >= 15 is 0 Å². The van der Waals surface area contributed by atoms with E-state index in [4.69, 9.17) is 24.2 Å². The van der Waals surface area contributed by atoms with Gasteiger partial charge in [0.2, 0.25) is 11.8 Å². The van der Waals surface area contributed by atoms with Crippen molar-refractivity contribution in [2.75, 3.05) is 31.1 Å². The van der Waals surface area contributed by atoms with E-state index in [9.17, 15) is 4.79 Å². The number of rotatable bonds is 8. The maximum Gasteiger partial charge on any atom is 0.410 e. The Labute approximate surface area is 241 Å². The summed E-state index contributed by atoms with van der Waals surface area (Å²) in [4.78, 5) is 25.8. The van der Waals surface area contributed by atoms with Gasteiger partial charge in [-0.15, -0.1) is 0 Å². The molecule has 1 amide bonds. The predicted octanol–water partition coefficient (Wildman–Crippen LogP) is 6.36. The van der Waals surface area contributed by atoms with Crippen LogP contribution in [0, 0.1) is 0 Å². The van der Waals surface area contributed by atoms with Crippen molar-refractivity contribution in [3.63, 3.8) is 0 Å². The highest BCUT2D eigenvalue weighted by Crippen LogP contribution is 2.32. The van der Waals surface area contributed by atoms with E-state index in [0.717, 1.165) is 28.1 Å². The van der Waals surface area contributed by atoms with E-state index in [2.05, 4.69) is 4.90 Å².